The number of nitrogens with zero attached hydrogens (tertiary/aromatic N) is 1. The van der Waals surface area contributed by atoms with E-state index in [1.807, 2.05) is 31.2 Å². The zero-order valence-electron chi connectivity index (χ0n) is 12.6. The molecule has 1 fully saturated rings. The fourth-order valence-electron chi connectivity index (χ4n) is 2.75. The predicted molar refractivity (Wildman–Crippen MR) is 82.4 cm³/mol. The molecule has 21 heavy (non-hydrogen) atoms. The minimum Gasteiger partial charge on any atom is -0.468 e. The lowest BCUT2D eigenvalue weighted by molar-refractivity contribution is 0.0913. The van der Waals surface area contributed by atoms with Gasteiger partial charge in [-0.1, -0.05) is 23.8 Å². The monoisotopic (exact) mass is 283 g/mol. The molecule has 0 unspecified atom stereocenters. The largest absolute Gasteiger partial charge is 0.468 e. The van der Waals surface area contributed by atoms with Gasteiger partial charge in [0.1, 0.15) is 5.76 Å². The molecule has 1 aromatic heterocycles. The lowest BCUT2D eigenvalue weighted by atomic mass is 10.0. The minimum atomic E-state index is 0.200. The van der Waals surface area contributed by atoms with E-state index in [9.17, 15) is 4.79 Å². The quantitative estimate of drug-likeness (QED) is 0.757. The second kappa shape index (κ2) is 5.86. The topological polar surface area (TPSA) is 33.5 Å². The molecule has 3 nitrogen and oxygen atoms in total. The first kappa shape index (κ1) is 14.1. The van der Waals surface area contributed by atoms with Gasteiger partial charge in [-0.25, -0.2) is 0 Å². The fraction of sp³-hybridized carbons (Fsp3) is 0.389. The molecule has 2 aromatic rings. The van der Waals surface area contributed by atoms with Gasteiger partial charge in [0.15, 0.2) is 5.78 Å². The molecule has 110 valence electrons. The van der Waals surface area contributed by atoms with E-state index in [2.05, 4.69) is 17.9 Å². The number of hydrogen-bond acceptors (Lipinski definition) is 3. The van der Waals surface area contributed by atoms with Crippen molar-refractivity contribution in [3.63, 3.8) is 0 Å². The van der Waals surface area contributed by atoms with Crippen LogP contribution in [-0.2, 0) is 6.54 Å². The number of Topliss-reactive ketones (excluding diaryl/α,β-unsaturated/α-hetero) is 1. The van der Waals surface area contributed by atoms with Crippen LogP contribution in [0.4, 0.5) is 0 Å². The molecule has 0 aliphatic heterocycles. The van der Waals surface area contributed by atoms with Crippen molar-refractivity contribution in [1.82, 2.24) is 4.90 Å². The van der Waals surface area contributed by atoms with Crippen LogP contribution < -0.4 is 0 Å². The lowest BCUT2D eigenvalue weighted by Gasteiger charge is -2.20. The fourth-order valence-corrected chi connectivity index (χ4v) is 2.75. The standard InChI is InChI=1S/C18H21NO2/c1-13-5-8-17(14(2)10-13)18(20)12-19(15-6-7-15)11-16-4-3-9-21-16/h3-5,8-10,15H,6-7,11-12H2,1-2H3. The SMILES string of the molecule is Cc1ccc(C(=O)CN(Cc2ccco2)C2CC2)c(C)c1. The Bertz CT molecular complexity index is 627. The van der Waals surface area contributed by atoms with Crippen LogP contribution >= 0.6 is 0 Å². The average Bonchev–Trinajstić information content (AvgIpc) is 3.16. The van der Waals surface area contributed by atoms with Gasteiger partial charge in [-0.2, -0.15) is 0 Å². The number of ketones is 1. The number of rotatable bonds is 6. The molecule has 3 rings (SSSR count). The molecule has 1 saturated carbocycles. The Morgan fingerprint density at radius 3 is 2.71 bits per heavy atom. The number of aryl methyl sites for hydroxylation is 2. The summed E-state index contributed by atoms with van der Waals surface area (Å²) in [5.41, 5.74) is 3.10. The normalized spacial score (nSPS) is 14.6. The third kappa shape index (κ3) is 3.42. The van der Waals surface area contributed by atoms with E-state index >= 15 is 0 Å². The van der Waals surface area contributed by atoms with E-state index in [-0.39, 0.29) is 5.78 Å². The number of carbonyl (C=O) groups excluding carboxylic acids is 1. The van der Waals surface area contributed by atoms with Crippen molar-refractivity contribution in [2.75, 3.05) is 6.54 Å². The summed E-state index contributed by atoms with van der Waals surface area (Å²) in [6, 6.07) is 10.4. The van der Waals surface area contributed by atoms with Crippen LogP contribution in [-0.4, -0.2) is 23.3 Å². The maximum atomic E-state index is 12.6. The molecule has 3 heteroatoms. The summed E-state index contributed by atoms with van der Waals surface area (Å²) < 4.78 is 5.42. The molecular weight excluding hydrogens is 262 g/mol. The van der Waals surface area contributed by atoms with Crippen LogP contribution in [0.5, 0.6) is 0 Å². The second-order valence-electron chi connectivity index (χ2n) is 5.96. The number of benzene rings is 1. The van der Waals surface area contributed by atoms with Gasteiger partial charge in [-0.15, -0.1) is 0 Å². The van der Waals surface area contributed by atoms with Gasteiger partial charge < -0.3 is 4.42 Å². The van der Waals surface area contributed by atoms with E-state index in [1.54, 1.807) is 6.26 Å². The Morgan fingerprint density at radius 2 is 2.10 bits per heavy atom. The van der Waals surface area contributed by atoms with E-state index in [0.29, 0.717) is 19.1 Å². The molecule has 0 radical (unpaired) electrons. The van der Waals surface area contributed by atoms with Crippen LogP contribution in [0, 0.1) is 13.8 Å². The molecule has 0 spiro atoms. The summed E-state index contributed by atoms with van der Waals surface area (Å²) in [7, 11) is 0. The third-order valence-corrected chi connectivity index (χ3v) is 4.03. The van der Waals surface area contributed by atoms with E-state index in [1.165, 1.54) is 18.4 Å². The predicted octanol–water partition coefficient (Wildman–Crippen LogP) is 3.74. The summed E-state index contributed by atoms with van der Waals surface area (Å²) in [5.74, 6) is 1.13. The first-order chi connectivity index (χ1) is 10.1. The molecular formula is C18H21NO2. The maximum absolute atomic E-state index is 12.6. The first-order valence-corrected chi connectivity index (χ1v) is 7.50. The van der Waals surface area contributed by atoms with Crippen LogP contribution in [0.3, 0.4) is 0 Å². The Morgan fingerprint density at radius 1 is 1.29 bits per heavy atom. The van der Waals surface area contributed by atoms with Gasteiger partial charge in [-0.05, 0) is 44.4 Å². The molecule has 0 atom stereocenters. The highest BCUT2D eigenvalue weighted by atomic mass is 16.3. The van der Waals surface area contributed by atoms with Gasteiger partial charge in [0.25, 0.3) is 0 Å². The Kier molecular flexibility index (Phi) is 3.93. The van der Waals surface area contributed by atoms with Crippen LogP contribution in [0.15, 0.2) is 41.0 Å². The summed E-state index contributed by atoms with van der Waals surface area (Å²) in [4.78, 5) is 14.8. The number of carbonyl (C=O) groups is 1. The molecule has 0 saturated heterocycles. The zero-order chi connectivity index (χ0) is 14.8. The summed E-state index contributed by atoms with van der Waals surface area (Å²) in [6.07, 6.45) is 4.05. The Labute approximate surface area is 125 Å². The molecule has 1 aliphatic carbocycles. The average molecular weight is 283 g/mol. The molecule has 1 aromatic carbocycles. The molecule has 0 N–H and O–H groups in total. The summed E-state index contributed by atoms with van der Waals surface area (Å²) in [6.45, 7) is 5.24. The summed E-state index contributed by atoms with van der Waals surface area (Å²) >= 11 is 0. The number of hydrogen-bond donors (Lipinski definition) is 0. The van der Waals surface area contributed by atoms with Crippen molar-refractivity contribution in [3.8, 4) is 0 Å². The van der Waals surface area contributed by atoms with Crippen molar-refractivity contribution >= 4 is 5.78 Å². The summed E-state index contributed by atoms with van der Waals surface area (Å²) in [5, 5.41) is 0. The van der Waals surface area contributed by atoms with Gasteiger partial charge in [-0.3, -0.25) is 9.69 Å². The van der Waals surface area contributed by atoms with Gasteiger partial charge in [0.05, 0.1) is 19.4 Å². The van der Waals surface area contributed by atoms with Crippen LogP contribution in [0.25, 0.3) is 0 Å². The molecule has 0 bridgehead atoms. The van der Waals surface area contributed by atoms with Crippen molar-refractivity contribution in [1.29, 1.82) is 0 Å². The molecule has 1 aliphatic rings. The van der Waals surface area contributed by atoms with Gasteiger partial charge in [0.2, 0.25) is 0 Å². The van der Waals surface area contributed by atoms with Crippen molar-refractivity contribution in [2.45, 2.75) is 39.3 Å². The van der Waals surface area contributed by atoms with E-state index in [0.717, 1.165) is 16.9 Å². The molecule has 1 heterocycles. The van der Waals surface area contributed by atoms with Crippen molar-refractivity contribution in [3.05, 3.63) is 59.0 Å². The third-order valence-electron chi connectivity index (χ3n) is 4.03. The zero-order valence-corrected chi connectivity index (χ0v) is 12.6. The Hall–Kier alpha value is -1.87. The smallest absolute Gasteiger partial charge is 0.177 e. The lowest BCUT2D eigenvalue weighted by Crippen LogP contribution is -2.31. The highest BCUT2D eigenvalue weighted by Crippen LogP contribution is 2.28. The number of furan rings is 1. The maximum Gasteiger partial charge on any atom is 0.177 e. The highest BCUT2D eigenvalue weighted by Gasteiger charge is 2.31. The molecule has 0 amide bonds. The van der Waals surface area contributed by atoms with Crippen LogP contribution in [0.1, 0.15) is 40.1 Å². The van der Waals surface area contributed by atoms with Crippen molar-refractivity contribution in [2.24, 2.45) is 0 Å². The van der Waals surface area contributed by atoms with E-state index < -0.39 is 0 Å². The van der Waals surface area contributed by atoms with Crippen molar-refractivity contribution < 1.29 is 9.21 Å². The Balaban J connectivity index is 1.71. The van der Waals surface area contributed by atoms with Gasteiger partial charge in [0, 0.05) is 11.6 Å². The first-order valence-electron chi connectivity index (χ1n) is 7.50. The second-order valence-corrected chi connectivity index (χ2v) is 5.96. The van der Waals surface area contributed by atoms with Gasteiger partial charge >= 0.3 is 0 Å². The minimum absolute atomic E-state index is 0.200. The van der Waals surface area contributed by atoms with E-state index in [4.69, 9.17) is 4.42 Å². The highest BCUT2D eigenvalue weighted by molar-refractivity contribution is 5.99. The van der Waals surface area contributed by atoms with Crippen LogP contribution in [0.2, 0.25) is 0 Å².